The molecule has 0 amide bonds. The van der Waals surface area contributed by atoms with E-state index >= 15 is 0 Å². The van der Waals surface area contributed by atoms with Gasteiger partial charge in [0, 0.05) is 12.8 Å². The van der Waals surface area contributed by atoms with Crippen LogP contribution in [0, 0.1) is 5.92 Å². The third-order valence-corrected chi connectivity index (χ3v) is 10.2. The van der Waals surface area contributed by atoms with Gasteiger partial charge in [-0.25, -0.2) is 9.13 Å². The molecule has 340 valence electrons. The molecule has 0 saturated carbocycles. The Morgan fingerprint density at radius 1 is 0.627 bits per heavy atom. The molecule has 0 radical (unpaired) electrons. The summed E-state index contributed by atoms with van der Waals surface area (Å²) in [7, 11) is -9.74. The highest BCUT2D eigenvalue weighted by Crippen LogP contribution is 2.43. The number of unbranched alkanes of at least 4 members (excludes halogenated alkanes) is 7. The van der Waals surface area contributed by atoms with Crippen LogP contribution in [0.2, 0.25) is 0 Å². The van der Waals surface area contributed by atoms with E-state index in [0.29, 0.717) is 12.8 Å². The fourth-order valence-electron chi connectivity index (χ4n) is 5.14. The second kappa shape index (κ2) is 37.3. The first-order valence-corrected chi connectivity index (χ1v) is 24.2. The van der Waals surface area contributed by atoms with E-state index in [1.54, 1.807) is 24.3 Å². The van der Waals surface area contributed by atoms with Crippen molar-refractivity contribution in [2.75, 3.05) is 26.4 Å². The van der Waals surface area contributed by atoms with E-state index < -0.39 is 72.3 Å². The standard InChI is InChI=1S/C43H74O14P2/c1-4-6-7-8-9-10-11-12-13-14-18-21-25-30-39(44)31-26-23-28-33-43(47)57-41(37-56-59(51,52)55-35-40(45)34-54-58(48,49)50)36-53-42(46)32-27-22-19-16-15-17-20-24-29-38(3)5-2/h6-7,9-10,12-13,18,21,23,25-26,30,38-41,44-45H,4-5,8,11,14-17,19-20,22,24,27-29,31-37H2,1-3H3,(H,51,52)(H2,48,49,50)/b7-6-,10-9-,13-12-,21-18-,26-23-,30-25-/t38?,39?,40-,41+/m0/s1. The first kappa shape index (κ1) is 56.5. The minimum atomic E-state index is -4.88. The lowest BCUT2D eigenvalue weighted by atomic mass is 9.99. The molecule has 0 spiro atoms. The number of allylic oxidation sites excluding steroid dienone is 10. The summed E-state index contributed by atoms with van der Waals surface area (Å²) in [6.07, 6.45) is 35.2. The van der Waals surface area contributed by atoms with Crippen molar-refractivity contribution in [1.29, 1.82) is 0 Å². The van der Waals surface area contributed by atoms with E-state index in [2.05, 4.69) is 66.3 Å². The Labute approximate surface area is 353 Å². The number of hydrogen-bond acceptors (Lipinski definition) is 11. The van der Waals surface area contributed by atoms with Crippen molar-refractivity contribution in [1.82, 2.24) is 0 Å². The highest BCUT2D eigenvalue weighted by molar-refractivity contribution is 7.47. The van der Waals surface area contributed by atoms with Gasteiger partial charge in [-0.3, -0.25) is 23.2 Å². The normalized spacial score (nSPS) is 15.9. The average molecular weight is 877 g/mol. The van der Waals surface area contributed by atoms with Crippen LogP contribution in [0.5, 0.6) is 0 Å². The Balaban J connectivity index is 4.78. The fourth-order valence-corrected chi connectivity index (χ4v) is 6.29. The first-order chi connectivity index (χ1) is 28.2. The van der Waals surface area contributed by atoms with Crippen molar-refractivity contribution in [3.63, 3.8) is 0 Å². The molecule has 0 heterocycles. The quantitative estimate of drug-likeness (QED) is 0.0128. The van der Waals surface area contributed by atoms with E-state index in [-0.39, 0.29) is 19.3 Å². The second-order valence-electron chi connectivity index (χ2n) is 14.3. The maximum Gasteiger partial charge on any atom is 0.472 e. The lowest BCUT2D eigenvalue weighted by Gasteiger charge is -2.20. The number of carbonyl (C=O) groups excluding carboxylic acids is 2. The van der Waals surface area contributed by atoms with E-state index in [0.717, 1.165) is 50.9 Å². The summed E-state index contributed by atoms with van der Waals surface area (Å²) in [6, 6.07) is 0. The molecule has 0 aliphatic carbocycles. The fraction of sp³-hybridized carbons (Fsp3) is 0.674. The Morgan fingerprint density at radius 2 is 1.20 bits per heavy atom. The second-order valence-corrected chi connectivity index (χ2v) is 17.0. The Morgan fingerprint density at radius 3 is 1.83 bits per heavy atom. The predicted molar refractivity (Wildman–Crippen MR) is 231 cm³/mol. The van der Waals surface area contributed by atoms with Gasteiger partial charge in [-0.2, -0.15) is 0 Å². The molecule has 0 rings (SSSR count). The van der Waals surface area contributed by atoms with Gasteiger partial charge in [-0.15, -0.1) is 0 Å². The number of rotatable bonds is 38. The molecule has 0 fully saturated rings. The van der Waals surface area contributed by atoms with Crippen molar-refractivity contribution < 1.29 is 66.7 Å². The molecule has 0 aromatic heterocycles. The van der Waals surface area contributed by atoms with Gasteiger partial charge < -0.3 is 34.4 Å². The van der Waals surface area contributed by atoms with Gasteiger partial charge in [-0.05, 0) is 50.9 Å². The predicted octanol–water partition coefficient (Wildman–Crippen LogP) is 9.44. The van der Waals surface area contributed by atoms with Crippen LogP contribution in [0.4, 0.5) is 0 Å². The third-order valence-electron chi connectivity index (χ3n) is 8.73. The highest BCUT2D eigenvalue weighted by Gasteiger charge is 2.28. The molecule has 59 heavy (non-hydrogen) atoms. The van der Waals surface area contributed by atoms with Crippen LogP contribution in [-0.2, 0) is 41.8 Å². The monoisotopic (exact) mass is 876 g/mol. The molecule has 5 atom stereocenters. The van der Waals surface area contributed by atoms with Crippen molar-refractivity contribution in [2.24, 2.45) is 5.92 Å². The van der Waals surface area contributed by atoms with Gasteiger partial charge in [0.1, 0.15) is 12.7 Å². The zero-order valence-electron chi connectivity index (χ0n) is 35.6. The number of aliphatic hydroxyl groups is 2. The molecule has 16 heteroatoms. The van der Waals surface area contributed by atoms with Crippen molar-refractivity contribution in [2.45, 2.75) is 155 Å². The van der Waals surface area contributed by atoms with Crippen LogP contribution in [0.3, 0.4) is 0 Å². The molecule has 0 saturated heterocycles. The molecular formula is C43H74O14P2. The molecule has 0 aliphatic heterocycles. The third kappa shape index (κ3) is 40.7. The summed E-state index contributed by atoms with van der Waals surface area (Å²) in [5.74, 6) is -0.439. The lowest BCUT2D eigenvalue weighted by Crippen LogP contribution is -2.29. The van der Waals surface area contributed by atoms with E-state index in [9.17, 15) is 33.8 Å². The number of hydrogen-bond donors (Lipinski definition) is 5. The molecule has 3 unspecified atom stereocenters. The number of ether oxygens (including phenoxy) is 2. The summed E-state index contributed by atoms with van der Waals surface area (Å²) in [5.41, 5.74) is 0. The van der Waals surface area contributed by atoms with Crippen molar-refractivity contribution in [3.05, 3.63) is 72.9 Å². The van der Waals surface area contributed by atoms with E-state index in [1.807, 2.05) is 12.2 Å². The van der Waals surface area contributed by atoms with Gasteiger partial charge >= 0.3 is 27.6 Å². The number of phosphoric acid groups is 2. The highest BCUT2D eigenvalue weighted by atomic mass is 31.2. The minimum Gasteiger partial charge on any atom is -0.462 e. The van der Waals surface area contributed by atoms with E-state index in [4.69, 9.17) is 23.8 Å². The Kier molecular flexibility index (Phi) is 35.7. The molecule has 0 aliphatic rings. The van der Waals surface area contributed by atoms with E-state index in [1.165, 1.54) is 38.5 Å². The van der Waals surface area contributed by atoms with Gasteiger partial charge in [-0.1, -0.05) is 151 Å². The number of esters is 2. The zero-order chi connectivity index (χ0) is 44.0. The minimum absolute atomic E-state index is 0.0776. The molecule has 0 aromatic carbocycles. The van der Waals surface area contributed by atoms with Crippen LogP contribution in [0.1, 0.15) is 136 Å². The average Bonchev–Trinajstić information content (AvgIpc) is 3.19. The Bertz CT molecular complexity index is 1350. The summed E-state index contributed by atoms with van der Waals surface area (Å²) in [4.78, 5) is 52.6. The molecule has 5 N–H and O–H groups in total. The topological polar surface area (TPSA) is 216 Å². The van der Waals surface area contributed by atoms with Crippen LogP contribution in [0.25, 0.3) is 0 Å². The number of aliphatic hydroxyl groups excluding tert-OH is 2. The van der Waals surface area contributed by atoms with Crippen molar-refractivity contribution in [3.8, 4) is 0 Å². The molecule has 0 aromatic rings. The molecular weight excluding hydrogens is 802 g/mol. The van der Waals surface area contributed by atoms with Crippen LogP contribution < -0.4 is 0 Å². The molecule has 14 nitrogen and oxygen atoms in total. The van der Waals surface area contributed by atoms with Gasteiger partial charge in [0.15, 0.2) is 6.10 Å². The smallest absolute Gasteiger partial charge is 0.462 e. The van der Waals surface area contributed by atoms with Crippen molar-refractivity contribution >= 4 is 27.6 Å². The summed E-state index contributed by atoms with van der Waals surface area (Å²) in [5, 5.41) is 19.9. The zero-order valence-corrected chi connectivity index (χ0v) is 37.4. The van der Waals surface area contributed by atoms with Crippen LogP contribution >= 0.6 is 15.6 Å². The maximum absolute atomic E-state index is 12.6. The van der Waals surface area contributed by atoms with Crippen LogP contribution in [-0.4, -0.2) is 81.6 Å². The largest absolute Gasteiger partial charge is 0.472 e. The van der Waals surface area contributed by atoms with Crippen LogP contribution in [0.15, 0.2) is 72.9 Å². The number of phosphoric ester groups is 2. The number of carbonyl (C=O) groups is 2. The van der Waals surface area contributed by atoms with Gasteiger partial charge in [0.2, 0.25) is 0 Å². The SMILES string of the molecule is CC/C=C\C/C=C\C/C=C\C/C=C\C=C/C(O)C/C=C\CCC(=O)O[C@H](COC(=O)CCCCCCCCCCC(C)CC)COP(=O)(O)OC[C@@H](O)COP(=O)(O)O. The summed E-state index contributed by atoms with van der Waals surface area (Å²) in [6.45, 7) is 3.72. The molecule has 0 bridgehead atoms. The Hall–Kier alpha value is -2.48. The maximum atomic E-state index is 12.6. The summed E-state index contributed by atoms with van der Waals surface area (Å²) >= 11 is 0. The summed E-state index contributed by atoms with van der Waals surface area (Å²) < 4.78 is 47.6. The lowest BCUT2D eigenvalue weighted by molar-refractivity contribution is -0.161. The van der Waals surface area contributed by atoms with Gasteiger partial charge in [0.25, 0.3) is 0 Å². The van der Waals surface area contributed by atoms with Gasteiger partial charge in [0.05, 0.1) is 25.9 Å². The first-order valence-electron chi connectivity index (χ1n) is 21.1.